The summed E-state index contributed by atoms with van der Waals surface area (Å²) in [6.45, 7) is 2.11. The average Bonchev–Trinajstić information content (AvgIpc) is 2.81. The van der Waals surface area contributed by atoms with Crippen LogP contribution in [0.15, 0.2) is 42.5 Å². The first-order valence-corrected chi connectivity index (χ1v) is 12.9. The monoisotopic (exact) mass is 515 g/mol. The molecule has 11 heteroatoms. The lowest BCUT2D eigenvalue weighted by molar-refractivity contribution is -0.123. The molecule has 33 heavy (non-hydrogen) atoms. The summed E-state index contributed by atoms with van der Waals surface area (Å²) in [6.07, 6.45) is 0.314. The number of piperazine rings is 1. The largest absolute Gasteiger partial charge is 0.497 e. The van der Waals surface area contributed by atoms with E-state index >= 15 is 0 Å². The van der Waals surface area contributed by atoms with Crippen molar-refractivity contribution < 1.29 is 22.7 Å². The van der Waals surface area contributed by atoms with Crippen molar-refractivity contribution >= 4 is 44.8 Å². The van der Waals surface area contributed by atoms with Crippen LogP contribution < -0.4 is 19.7 Å². The summed E-state index contributed by atoms with van der Waals surface area (Å²) in [5, 5.41) is 3.45. The zero-order valence-electron chi connectivity index (χ0n) is 18.3. The molecule has 0 radical (unpaired) electrons. The molecule has 0 atom stereocenters. The highest BCUT2D eigenvalue weighted by molar-refractivity contribution is 7.89. The van der Waals surface area contributed by atoms with Gasteiger partial charge in [0, 0.05) is 43.4 Å². The second-order valence-corrected chi connectivity index (χ2v) is 10.4. The van der Waals surface area contributed by atoms with E-state index < -0.39 is 10.0 Å². The normalized spacial score (nSPS) is 14.7. The van der Waals surface area contributed by atoms with Crippen LogP contribution in [0.3, 0.4) is 0 Å². The Bertz CT molecular complexity index is 1040. The van der Waals surface area contributed by atoms with E-state index in [9.17, 15) is 13.2 Å². The highest BCUT2D eigenvalue weighted by Gasteiger charge is 2.26. The zero-order chi connectivity index (χ0) is 23.8. The van der Waals surface area contributed by atoms with Gasteiger partial charge in [0.2, 0.25) is 10.0 Å². The predicted molar refractivity (Wildman–Crippen MR) is 130 cm³/mol. The molecule has 0 aliphatic carbocycles. The Morgan fingerprint density at radius 1 is 1.06 bits per heavy atom. The molecule has 2 aromatic carbocycles. The molecular weight excluding hydrogens is 489 g/mol. The number of anilines is 1. The van der Waals surface area contributed by atoms with Gasteiger partial charge in [-0.25, -0.2) is 8.42 Å². The van der Waals surface area contributed by atoms with Crippen molar-refractivity contribution in [3.8, 4) is 11.5 Å². The fourth-order valence-corrected chi connectivity index (χ4v) is 5.37. The quantitative estimate of drug-likeness (QED) is 0.489. The summed E-state index contributed by atoms with van der Waals surface area (Å²) in [5.74, 6) is 0.756. The number of hydrogen-bond donors (Lipinski definition) is 1. The van der Waals surface area contributed by atoms with E-state index in [-0.39, 0.29) is 24.8 Å². The summed E-state index contributed by atoms with van der Waals surface area (Å²) in [4.78, 5) is 14.1. The second kappa shape index (κ2) is 11.8. The Kier molecular flexibility index (Phi) is 9.08. The third-order valence-corrected chi connectivity index (χ3v) is 7.71. The van der Waals surface area contributed by atoms with Crippen LogP contribution in [0.25, 0.3) is 0 Å². The van der Waals surface area contributed by atoms with Gasteiger partial charge < -0.3 is 19.7 Å². The number of nitrogens with one attached hydrogen (secondary N) is 1. The molecule has 1 fully saturated rings. The van der Waals surface area contributed by atoms with Crippen molar-refractivity contribution in [2.75, 3.05) is 57.1 Å². The minimum Gasteiger partial charge on any atom is -0.497 e. The SMILES string of the molecule is COc1ccc(N2CCN(S(=O)(=O)CCCNC(=O)COc3ccc(Cl)cc3Cl)CC2)cc1. The van der Waals surface area contributed by atoms with Crippen molar-refractivity contribution in [3.63, 3.8) is 0 Å². The molecule has 0 aromatic heterocycles. The third kappa shape index (κ3) is 7.40. The van der Waals surface area contributed by atoms with E-state index in [4.69, 9.17) is 32.7 Å². The van der Waals surface area contributed by atoms with E-state index in [2.05, 4.69) is 10.2 Å². The number of methoxy groups -OCH3 is 1. The van der Waals surface area contributed by atoms with Gasteiger partial charge in [-0.3, -0.25) is 4.79 Å². The number of nitrogens with zero attached hydrogens (tertiary/aromatic N) is 2. The molecule has 2 aromatic rings. The Hall–Kier alpha value is -2.20. The molecule has 8 nitrogen and oxygen atoms in total. The maximum atomic E-state index is 12.7. The first-order valence-electron chi connectivity index (χ1n) is 10.5. The van der Waals surface area contributed by atoms with E-state index in [0.29, 0.717) is 48.4 Å². The van der Waals surface area contributed by atoms with Gasteiger partial charge in [0.15, 0.2) is 6.61 Å². The number of halogens is 2. The smallest absolute Gasteiger partial charge is 0.257 e. The molecule has 0 bridgehead atoms. The lowest BCUT2D eigenvalue weighted by atomic mass is 10.2. The van der Waals surface area contributed by atoms with Crippen molar-refractivity contribution in [1.82, 2.24) is 9.62 Å². The van der Waals surface area contributed by atoms with E-state index in [1.54, 1.807) is 19.2 Å². The van der Waals surface area contributed by atoms with Crippen LogP contribution in [0.2, 0.25) is 10.0 Å². The van der Waals surface area contributed by atoms with Gasteiger partial charge in [-0.1, -0.05) is 23.2 Å². The Labute approximate surface area is 204 Å². The number of hydrogen-bond acceptors (Lipinski definition) is 6. The number of carbonyl (C=O) groups is 1. The van der Waals surface area contributed by atoms with Crippen LogP contribution in [-0.2, 0) is 14.8 Å². The first-order chi connectivity index (χ1) is 15.8. The average molecular weight is 516 g/mol. The minimum absolute atomic E-state index is 0.0281. The Balaban J connectivity index is 1.36. The van der Waals surface area contributed by atoms with Gasteiger partial charge in [0.25, 0.3) is 5.91 Å². The minimum atomic E-state index is -3.39. The van der Waals surface area contributed by atoms with Gasteiger partial charge >= 0.3 is 0 Å². The summed E-state index contributed by atoms with van der Waals surface area (Å²) in [6, 6.07) is 12.4. The molecular formula is C22H27Cl2N3O5S. The van der Waals surface area contributed by atoms with Crippen LogP contribution in [0.1, 0.15) is 6.42 Å². The number of sulfonamides is 1. The highest BCUT2D eigenvalue weighted by Crippen LogP contribution is 2.27. The fourth-order valence-electron chi connectivity index (χ4n) is 3.42. The summed E-state index contributed by atoms with van der Waals surface area (Å²) >= 11 is 11.8. The number of rotatable bonds is 10. The standard InChI is InChI=1S/C22H27Cl2N3O5S/c1-31-19-6-4-18(5-7-19)26-10-12-27(13-11-26)33(29,30)14-2-9-25-22(28)16-32-21-8-3-17(23)15-20(21)24/h3-8,15H,2,9-14,16H2,1H3,(H,25,28). The molecule has 1 N–H and O–H groups in total. The van der Waals surface area contributed by atoms with Gasteiger partial charge in [0.1, 0.15) is 11.5 Å². The van der Waals surface area contributed by atoms with Crippen LogP contribution in [0.4, 0.5) is 5.69 Å². The molecule has 1 saturated heterocycles. The molecule has 1 heterocycles. The lowest BCUT2D eigenvalue weighted by Gasteiger charge is -2.35. The predicted octanol–water partition coefficient (Wildman–Crippen LogP) is 3.04. The molecule has 1 aliphatic heterocycles. The molecule has 3 rings (SSSR count). The molecule has 0 saturated carbocycles. The molecule has 0 unspecified atom stereocenters. The Morgan fingerprint density at radius 3 is 2.39 bits per heavy atom. The fraction of sp³-hybridized carbons (Fsp3) is 0.409. The number of benzene rings is 2. The maximum absolute atomic E-state index is 12.7. The molecule has 180 valence electrons. The summed E-state index contributed by atoms with van der Waals surface area (Å²) in [5.41, 5.74) is 1.04. The Morgan fingerprint density at radius 2 is 1.76 bits per heavy atom. The molecule has 0 spiro atoms. The number of amides is 1. The van der Waals surface area contributed by atoms with Crippen molar-refractivity contribution in [2.45, 2.75) is 6.42 Å². The molecule has 1 amide bonds. The van der Waals surface area contributed by atoms with Gasteiger partial charge in [-0.05, 0) is 48.9 Å². The van der Waals surface area contributed by atoms with Crippen LogP contribution in [0, 0.1) is 0 Å². The zero-order valence-corrected chi connectivity index (χ0v) is 20.6. The number of ether oxygens (including phenoxy) is 2. The van der Waals surface area contributed by atoms with Crippen LogP contribution in [0.5, 0.6) is 11.5 Å². The first kappa shape index (κ1) is 25.4. The van der Waals surface area contributed by atoms with Crippen LogP contribution in [-0.4, -0.2) is 70.8 Å². The topological polar surface area (TPSA) is 88.2 Å². The van der Waals surface area contributed by atoms with E-state index in [1.807, 2.05) is 24.3 Å². The van der Waals surface area contributed by atoms with Crippen molar-refractivity contribution in [1.29, 1.82) is 0 Å². The second-order valence-electron chi connectivity index (χ2n) is 7.47. The van der Waals surface area contributed by atoms with Gasteiger partial charge in [-0.2, -0.15) is 4.31 Å². The lowest BCUT2D eigenvalue weighted by Crippen LogP contribution is -2.49. The highest BCUT2D eigenvalue weighted by atomic mass is 35.5. The van der Waals surface area contributed by atoms with Gasteiger partial charge in [0.05, 0.1) is 17.9 Å². The van der Waals surface area contributed by atoms with E-state index in [0.717, 1.165) is 11.4 Å². The van der Waals surface area contributed by atoms with Crippen molar-refractivity contribution in [2.24, 2.45) is 0 Å². The van der Waals surface area contributed by atoms with Gasteiger partial charge in [-0.15, -0.1) is 0 Å². The molecule has 1 aliphatic rings. The summed E-state index contributed by atoms with van der Waals surface area (Å²) in [7, 11) is -1.77. The maximum Gasteiger partial charge on any atom is 0.257 e. The van der Waals surface area contributed by atoms with Crippen molar-refractivity contribution in [3.05, 3.63) is 52.5 Å². The van der Waals surface area contributed by atoms with Crippen LogP contribution >= 0.6 is 23.2 Å². The summed E-state index contributed by atoms with van der Waals surface area (Å²) < 4.78 is 37.4. The third-order valence-electron chi connectivity index (χ3n) is 5.22. The van der Waals surface area contributed by atoms with E-state index in [1.165, 1.54) is 10.4 Å². The number of carbonyl (C=O) groups excluding carboxylic acids is 1.